The van der Waals surface area contributed by atoms with Crippen LogP contribution in [-0.2, 0) is 37.5 Å². The first-order valence-electron chi connectivity index (χ1n) is 12.5. The third kappa shape index (κ3) is 6.06. The second kappa shape index (κ2) is 13.5. The quantitative estimate of drug-likeness (QED) is 0.231. The van der Waals surface area contributed by atoms with Crippen LogP contribution in [0.15, 0.2) is 103 Å². The molecule has 0 aliphatic heterocycles. The Morgan fingerprint density at radius 3 is 1.54 bits per heavy atom. The minimum Gasteiger partial charge on any atom is -0.497 e. The summed E-state index contributed by atoms with van der Waals surface area (Å²) in [5.41, 5.74) is 2.64. The third-order valence-electron chi connectivity index (χ3n) is 6.81. The fourth-order valence-electron chi connectivity index (χ4n) is 5.20. The van der Waals surface area contributed by atoms with Gasteiger partial charge in [0.25, 0.3) is 5.91 Å². The Hall–Kier alpha value is -2.32. The molecule has 0 bridgehead atoms. The number of carbonyl (C=O) groups is 1. The smallest absolute Gasteiger partial charge is 0.266 e. The van der Waals surface area contributed by atoms with Crippen LogP contribution >= 0.6 is 7.26 Å². The van der Waals surface area contributed by atoms with E-state index < -0.39 is 7.26 Å². The number of aryl methyl sites for hydroxylation is 2. The molecule has 37 heavy (non-hydrogen) atoms. The van der Waals surface area contributed by atoms with Crippen molar-refractivity contribution < 1.29 is 42.2 Å². The zero-order valence-corrected chi connectivity index (χ0v) is 25.9. The van der Waals surface area contributed by atoms with Crippen LogP contribution in [0.25, 0.3) is 0 Å². The maximum absolute atomic E-state index is 14.4. The van der Waals surface area contributed by atoms with Gasteiger partial charge in [-0.15, -0.1) is 0 Å². The van der Waals surface area contributed by atoms with E-state index in [1.807, 2.05) is 44.2 Å². The minimum atomic E-state index is -2.36. The van der Waals surface area contributed by atoms with Gasteiger partial charge in [-0.3, -0.25) is 4.79 Å². The molecular formula is C32H35NO2PY+. The van der Waals surface area contributed by atoms with Crippen molar-refractivity contribution in [1.29, 1.82) is 0 Å². The maximum atomic E-state index is 14.4. The van der Waals surface area contributed by atoms with Crippen molar-refractivity contribution in [3.05, 3.63) is 114 Å². The molecule has 1 N–H and O–H groups in total. The normalized spacial score (nSPS) is 11.8. The predicted molar refractivity (Wildman–Crippen MR) is 155 cm³/mol. The SMILES string of the molecule is CCCC(C(=O)Nc1c(C)cc(OC)cc1C)[P+](c1ccccc1)(c1ccccc1)c1ccccc1.[Y]. The third-order valence-corrected chi connectivity index (χ3v) is 11.6. The maximum Gasteiger partial charge on any atom is 0.266 e. The number of anilines is 1. The van der Waals surface area contributed by atoms with E-state index in [0.29, 0.717) is 0 Å². The number of nitrogens with one attached hydrogen (secondary N) is 1. The van der Waals surface area contributed by atoms with E-state index in [4.69, 9.17) is 4.74 Å². The van der Waals surface area contributed by atoms with E-state index in [1.165, 1.54) is 15.9 Å². The van der Waals surface area contributed by atoms with Crippen LogP contribution in [0.5, 0.6) is 5.75 Å². The summed E-state index contributed by atoms with van der Waals surface area (Å²) in [6.45, 7) is 6.21. The van der Waals surface area contributed by atoms with Crippen LogP contribution in [0.2, 0.25) is 0 Å². The summed E-state index contributed by atoms with van der Waals surface area (Å²) in [6.07, 6.45) is 1.69. The Bertz CT molecular complexity index is 1180. The topological polar surface area (TPSA) is 38.3 Å². The van der Waals surface area contributed by atoms with Crippen molar-refractivity contribution in [1.82, 2.24) is 0 Å². The molecule has 1 amide bonds. The van der Waals surface area contributed by atoms with Gasteiger partial charge in [-0.25, -0.2) is 0 Å². The second-order valence-electron chi connectivity index (χ2n) is 9.16. The summed E-state index contributed by atoms with van der Waals surface area (Å²) in [5.74, 6) is 0.867. The molecule has 0 spiro atoms. The van der Waals surface area contributed by atoms with Gasteiger partial charge in [0.15, 0.2) is 5.66 Å². The van der Waals surface area contributed by atoms with Crippen LogP contribution in [0.4, 0.5) is 5.69 Å². The van der Waals surface area contributed by atoms with Gasteiger partial charge in [0.1, 0.15) is 28.9 Å². The molecule has 1 atom stereocenters. The molecule has 1 radical (unpaired) electrons. The largest absolute Gasteiger partial charge is 0.497 e. The van der Waals surface area contributed by atoms with Gasteiger partial charge in [0.2, 0.25) is 0 Å². The molecule has 5 heteroatoms. The number of amides is 1. The molecule has 0 aliphatic rings. The van der Waals surface area contributed by atoms with Gasteiger partial charge >= 0.3 is 0 Å². The Kier molecular flexibility index (Phi) is 10.6. The molecule has 4 rings (SSSR count). The first kappa shape index (κ1) is 29.2. The Morgan fingerprint density at radius 2 is 1.19 bits per heavy atom. The molecule has 0 aromatic heterocycles. The number of hydrogen-bond acceptors (Lipinski definition) is 2. The zero-order valence-electron chi connectivity index (χ0n) is 22.1. The van der Waals surface area contributed by atoms with Crippen molar-refractivity contribution in [2.45, 2.75) is 39.3 Å². The molecule has 1 unspecified atom stereocenters. The summed E-state index contributed by atoms with van der Waals surface area (Å²) < 4.78 is 5.44. The van der Waals surface area contributed by atoms with Gasteiger partial charge in [0, 0.05) is 38.4 Å². The summed E-state index contributed by atoms with van der Waals surface area (Å²) in [6, 6.07) is 35.9. The van der Waals surface area contributed by atoms with Gasteiger partial charge in [0.05, 0.1) is 7.11 Å². The first-order chi connectivity index (χ1) is 17.5. The molecule has 187 valence electrons. The number of hydrogen-bond donors (Lipinski definition) is 1. The van der Waals surface area contributed by atoms with Gasteiger partial charge in [-0.2, -0.15) is 0 Å². The van der Waals surface area contributed by atoms with Crippen LogP contribution in [-0.4, -0.2) is 18.7 Å². The molecular weight excluding hydrogens is 550 g/mol. The summed E-state index contributed by atoms with van der Waals surface area (Å²) in [4.78, 5) is 14.4. The minimum absolute atomic E-state index is 0. The van der Waals surface area contributed by atoms with Gasteiger partial charge in [-0.05, 0) is 79.9 Å². The number of ether oxygens (including phenoxy) is 1. The summed E-state index contributed by atoms with van der Waals surface area (Å²) in [5, 5.41) is 7.03. The molecule has 0 heterocycles. The van der Waals surface area contributed by atoms with E-state index in [-0.39, 0.29) is 44.3 Å². The fourth-order valence-corrected chi connectivity index (χ4v) is 10.2. The van der Waals surface area contributed by atoms with E-state index in [1.54, 1.807) is 7.11 Å². The number of methoxy groups -OCH3 is 1. The number of benzene rings is 4. The van der Waals surface area contributed by atoms with Crippen LogP contribution in [0.3, 0.4) is 0 Å². The molecule has 0 saturated heterocycles. The Labute approximate surface area is 247 Å². The Morgan fingerprint density at radius 1 is 0.784 bits per heavy atom. The monoisotopic (exact) mass is 585 g/mol. The standard InChI is InChI=1S/C32H34NO2P.Y/c1-5-15-30(32(34)33-31-24(2)22-26(35-4)23-25(31)3)36(27-16-9-6-10-17-27,28-18-11-7-12-19-28)29-20-13-8-14-21-29;/h6-14,16-23,30H,5,15H2,1-4H3;/p+1. The van der Waals surface area contributed by atoms with E-state index >= 15 is 0 Å². The molecule has 0 aliphatic carbocycles. The van der Waals surface area contributed by atoms with Crippen molar-refractivity contribution in [2.75, 3.05) is 12.4 Å². The Balaban J connectivity index is 0.00000380. The average Bonchev–Trinajstić information content (AvgIpc) is 2.92. The van der Waals surface area contributed by atoms with Gasteiger partial charge < -0.3 is 10.1 Å². The van der Waals surface area contributed by atoms with Crippen molar-refractivity contribution in [3.8, 4) is 5.75 Å². The van der Waals surface area contributed by atoms with Crippen molar-refractivity contribution >= 4 is 34.8 Å². The van der Waals surface area contributed by atoms with Crippen LogP contribution in [0.1, 0.15) is 30.9 Å². The van der Waals surface area contributed by atoms with E-state index in [2.05, 4.69) is 85.0 Å². The fraction of sp³-hybridized carbons (Fsp3) is 0.219. The van der Waals surface area contributed by atoms with Crippen LogP contribution in [0, 0.1) is 13.8 Å². The van der Waals surface area contributed by atoms with Crippen molar-refractivity contribution in [3.63, 3.8) is 0 Å². The van der Waals surface area contributed by atoms with E-state index in [9.17, 15) is 4.79 Å². The summed E-state index contributed by atoms with van der Waals surface area (Å²) >= 11 is 0. The number of carbonyl (C=O) groups excluding carboxylic acids is 1. The molecule has 4 aromatic carbocycles. The average molecular weight is 586 g/mol. The van der Waals surface area contributed by atoms with E-state index in [0.717, 1.165) is 35.4 Å². The number of rotatable bonds is 9. The van der Waals surface area contributed by atoms with Crippen molar-refractivity contribution in [2.24, 2.45) is 0 Å². The second-order valence-corrected chi connectivity index (χ2v) is 12.8. The first-order valence-corrected chi connectivity index (χ1v) is 14.4. The molecule has 4 aromatic rings. The molecule has 3 nitrogen and oxygen atoms in total. The molecule has 0 saturated carbocycles. The van der Waals surface area contributed by atoms with Gasteiger partial charge in [-0.1, -0.05) is 67.9 Å². The predicted octanol–water partition coefficient (Wildman–Crippen LogP) is 6.41. The summed E-state index contributed by atoms with van der Waals surface area (Å²) in [7, 11) is -0.686. The zero-order chi connectivity index (χ0) is 25.5. The molecule has 0 fully saturated rings. The van der Waals surface area contributed by atoms with Crippen LogP contribution < -0.4 is 26.0 Å².